The van der Waals surface area contributed by atoms with Crippen LogP contribution in [-0.4, -0.2) is 39.1 Å². The Balaban J connectivity index is 1.85. The monoisotopic (exact) mass is 266 g/mol. The third kappa shape index (κ3) is 1.99. The van der Waals surface area contributed by atoms with Crippen molar-refractivity contribution < 1.29 is 9.90 Å². The summed E-state index contributed by atoms with van der Waals surface area (Å²) < 4.78 is 0. The van der Waals surface area contributed by atoms with Gasteiger partial charge in [0.1, 0.15) is 5.69 Å². The lowest BCUT2D eigenvalue weighted by Gasteiger charge is -2.37. The van der Waals surface area contributed by atoms with Crippen LogP contribution in [0.15, 0.2) is 18.3 Å². The minimum Gasteiger partial charge on any atom is -0.393 e. The van der Waals surface area contributed by atoms with E-state index >= 15 is 0 Å². The molecule has 2 aliphatic heterocycles. The normalized spacial score (nSPS) is 30.6. The maximum atomic E-state index is 12.4. The smallest absolute Gasteiger partial charge is 0.272 e. The summed E-state index contributed by atoms with van der Waals surface area (Å²) >= 11 is 5.89. The standard InChI is InChI=1S/C13H15ClN2O2/c14-8-3-4-15-12(5-8)13(18)16-9-1-2-10(16)7-11(17)6-9/h3-5,9-11,17H,1-2,6-7H2. The van der Waals surface area contributed by atoms with Gasteiger partial charge in [-0.3, -0.25) is 9.78 Å². The Morgan fingerprint density at radius 1 is 1.39 bits per heavy atom. The van der Waals surface area contributed by atoms with Crippen LogP contribution in [0.4, 0.5) is 0 Å². The minimum absolute atomic E-state index is 0.0584. The largest absolute Gasteiger partial charge is 0.393 e. The predicted molar refractivity (Wildman–Crippen MR) is 67.5 cm³/mol. The highest BCUT2D eigenvalue weighted by atomic mass is 35.5. The molecule has 3 rings (SSSR count). The Bertz CT molecular complexity index is 466. The Morgan fingerprint density at radius 2 is 2.06 bits per heavy atom. The van der Waals surface area contributed by atoms with E-state index in [-0.39, 0.29) is 24.1 Å². The Hall–Kier alpha value is -1.13. The van der Waals surface area contributed by atoms with Gasteiger partial charge in [0.15, 0.2) is 0 Å². The van der Waals surface area contributed by atoms with Crippen molar-refractivity contribution in [3.05, 3.63) is 29.0 Å². The van der Waals surface area contributed by atoms with Gasteiger partial charge in [0.05, 0.1) is 6.10 Å². The molecule has 5 heteroatoms. The number of aliphatic hydroxyl groups is 1. The van der Waals surface area contributed by atoms with E-state index in [9.17, 15) is 9.90 Å². The van der Waals surface area contributed by atoms with Gasteiger partial charge in [0, 0.05) is 23.3 Å². The number of carbonyl (C=O) groups excluding carboxylic acids is 1. The highest BCUT2D eigenvalue weighted by Crippen LogP contribution is 2.36. The molecule has 18 heavy (non-hydrogen) atoms. The summed E-state index contributed by atoms with van der Waals surface area (Å²) in [6, 6.07) is 3.58. The molecule has 1 aromatic heterocycles. The fourth-order valence-corrected chi connectivity index (χ4v) is 3.29. The number of rotatable bonds is 1. The molecule has 3 heterocycles. The molecule has 2 atom stereocenters. The van der Waals surface area contributed by atoms with Crippen molar-refractivity contribution in [3.63, 3.8) is 0 Å². The molecule has 2 unspecified atom stereocenters. The quantitative estimate of drug-likeness (QED) is 0.844. The Kier molecular flexibility index (Phi) is 2.99. The topological polar surface area (TPSA) is 53.4 Å². The number of hydrogen-bond acceptors (Lipinski definition) is 3. The lowest BCUT2D eigenvalue weighted by atomic mass is 9.99. The van der Waals surface area contributed by atoms with Gasteiger partial charge in [-0.1, -0.05) is 11.6 Å². The van der Waals surface area contributed by atoms with Crippen LogP contribution in [0.5, 0.6) is 0 Å². The van der Waals surface area contributed by atoms with Crippen molar-refractivity contribution in [1.82, 2.24) is 9.88 Å². The van der Waals surface area contributed by atoms with Crippen LogP contribution >= 0.6 is 11.6 Å². The van der Waals surface area contributed by atoms with E-state index in [1.54, 1.807) is 18.3 Å². The molecule has 0 spiro atoms. The average molecular weight is 267 g/mol. The van der Waals surface area contributed by atoms with Crippen molar-refractivity contribution in [2.45, 2.75) is 43.9 Å². The Morgan fingerprint density at radius 3 is 2.67 bits per heavy atom. The maximum absolute atomic E-state index is 12.4. The average Bonchev–Trinajstić information content (AvgIpc) is 2.61. The van der Waals surface area contributed by atoms with Gasteiger partial charge in [-0.15, -0.1) is 0 Å². The van der Waals surface area contributed by atoms with Crippen LogP contribution < -0.4 is 0 Å². The molecule has 4 nitrogen and oxygen atoms in total. The van der Waals surface area contributed by atoms with Gasteiger partial charge in [0.25, 0.3) is 5.91 Å². The molecular formula is C13H15ClN2O2. The summed E-state index contributed by atoms with van der Waals surface area (Å²) in [5, 5.41) is 10.3. The molecule has 2 bridgehead atoms. The van der Waals surface area contributed by atoms with Crippen molar-refractivity contribution >= 4 is 17.5 Å². The first-order valence-corrected chi connectivity index (χ1v) is 6.65. The van der Waals surface area contributed by atoms with E-state index in [1.165, 1.54) is 0 Å². The number of fused-ring (bicyclic) bond motifs is 2. The molecule has 2 aliphatic rings. The number of piperidine rings is 1. The first kappa shape index (κ1) is 11.9. The third-order valence-electron chi connectivity index (χ3n) is 3.88. The summed E-state index contributed by atoms with van der Waals surface area (Å²) in [5.74, 6) is -0.0584. The molecule has 0 radical (unpaired) electrons. The lowest BCUT2D eigenvalue weighted by Crippen LogP contribution is -2.48. The van der Waals surface area contributed by atoms with Crippen LogP contribution in [-0.2, 0) is 0 Å². The number of nitrogens with zero attached hydrogens (tertiary/aromatic N) is 2. The zero-order chi connectivity index (χ0) is 12.7. The zero-order valence-corrected chi connectivity index (χ0v) is 10.7. The predicted octanol–water partition coefficient (Wildman–Crippen LogP) is 1.86. The molecule has 96 valence electrons. The first-order chi connectivity index (χ1) is 8.65. The van der Waals surface area contributed by atoms with Crippen molar-refractivity contribution in [2.75, 3.05) is 0 Å². The minimum atomic E-state index is -0.265. The van der Waals surface area contributed by atoms with Crippen LogP contribution in [0, 0.1) is 0 Å². The lowest BCUT2D eigenvalue weighted by molar-refractivity contribution is 0.0282. The fraction of sp³-hybridized carbons (Fsp3) is 0.538. The third-order valence-corrected chi connectivity index (χ3v) is 4.12. The second-order valence-corrected chi connectivity index (χ2v) is 5.52. The molecule has 0 saturated carbocycles. The number of hydrogen-bond donors (Lipinski definition) is 1. The van der Waals surface area contributed by atoms with E-state index in [4.69, 9.17) is 11.6 Å². The number of aliphatic hydroxyl groups excluding tert-OH is 1. The molecule has 2 fully saturated rings. The summed E-state index contributed by atoms with van der Waals surface area (Å²) in [4.78, 5) is 18.4. The summed E-state index contributed by atoms with van der Waals surface area (Å²) in [5.41, 5.74) is 0.399. The van der Waals surface area contributed by atoms with Crippen LogP contribution in [0.25, 0.3) is 0 Å². The van der Waals surface area contributed by atoms with Crippen LogP contribution in [0.1, 0.15) is 36.2 Å². The van der Waals surface area contributed by atoms with Gasteiger partial charge < -0.3 is 10.0 Å². The molecular weight excluding hydrogens is 252 g/mol. The van der Waals surface area contributed by atoms with Crippen molar-refractivity contribution in [1.29, 1.82) is 0 Å². The number of pyridine rings is 1. The van der Waals surface area contributed by atoms with Gasteiger partial charge in [-0.2, -0.15) is 0 Å². The molecule has 0 aromatic carbocycles. The van der Waals surface area contributed by atoms with E-state index in [2.05, 4.69) is 4.98 Å². The highest BCUT2D eigenvalue weighted by molar-refractivity contribution is 6.30. The second kappa shape index (κ2) is 4.52. The van der Waals surface area contributed by atoms with E-state index in [1.807, 2.05) is 4.90 Å². The van der Waals surface area contributed by atoms with Crippen molar-refractivity contribution in [2.24, 2.45) is 0 Å². The second-order valence-electron chi connectivity index (χ2n) is 5.08. The molecule has 1 N–H and O–H groups in total. The number of amides is 1. The number of halogens is 1. The van der Waals surface area contributed by atoms with Gasteiger partial charge >= 0.3 is 0 Å². The van der Waals surface area contributed by atoms with Crippen molar-refractivity contribution in [3.8, 4) is 0 Å². The molecule has 2 saturated heterocycles. The SMILES string of the molecule is O=C(c1cc(Cl)ccn1)N1C2CCC1CC(O)C2. The highest BCUT2D eigenvalue weighted by Gasteiger charge is 2.43. The van der Waals surface area contributed by atoms with Crippen LogP contribution in [0.2, 0.25) is 5.02 Å². The summed E-state index contributed by atoms with van der Waals surface area (Å²) in [6.45, 7) is 0. The van der Waals surface area contributed by atoms with Gasteiger partial charge in [0.2, 0.25) is 0 Å². The molecule has 1 aromatic rings. The van der Waals surface area contributed by atoms with Gasteiger partial charge in [-0.25, -0.2) is 0 Å². The first-order valence-electron chi connectivity index (χ1n) is 6.27. The number of aromatic nitrogens is 1. The Labute approximate surface area is 111 Å². The van der Waals surface area contributed by atoms with E-state index < -0.39 is 0 Å². The summed E-state index contributed by atoms with van der Waals surface area (Å²) in [7, 11) is 0. The van der Waals surface area contributed by atoms with E-state index in [0.29, 0.717) is 23.6 Å². The molecule has 0 aliphatic carbocycles. The molecule has 1 amide bonds. The fourth-order valence-electron chi connectivity index (χ4n) is 3.13. The number of carbonyl (C=O) groups is 1. The summed E-state index contributed by atoms with van der Waals surface area (Å²) in [6.07, 6.45) is 4.61. The maximum Gasteiger partial charge on any atom is 0.272 e. The van der Waals surface area contributed by atoms with Gasteiger partial charge in [-0.05, 0) is 37.8 Å². The zero-order valence-electron chi connectivity index (χ0n) is 9.92. The van der Waals surface area contributed by atoms with Crippen LogP contribution in [0.3, 0.4) is 0 Å². The van der Waals surface area contributed by atoms with E-state index in [0.717, 1.165) is 12.8 Å².